The fourth-order valence-corrected chi connectivity index (χ4v) is 1.93. The Morgan fingerprint density at radius 3 is 2.50 bits per heavy atom. The van der Waals surface area contributed by atoms with E-state index in [1.54, 1.807) is 38.6 Å². The molecule has 92 valence electrons. The monoisotopic (exact) mass is 305 g/mol. The first-order valence-corrected chi connectivity index (χ1v) is 6.17. The van der Waals surface area contributed by atoms with Gasteiger partial charge in [0.05, 0.1) is 5.56 Å². The number of carbonyl (C=O) groups excluding carboxylic acids is 1. The zero-order valence-electron chi connectivity index (χ0n) is 10.1. The van der Waals surface area contributed by atoms with Crippen molar-refractivity contribution in [1.29, 1.82) is 0 Å². The molecule has 0 saturated heterocycles. The Kier molecular flexibility index (Phi) is 3.72. The number of carbonyl (C=O) groups is 1. The van der Waals surface area contributed by atoms with Crippen molar-refractivity contribution in [3.05, 3.63) is 46.7 Å². The fourth-order valence-electron chi connectivity index (χ4n) is 1.57. The van der Waals surface area contributed by atoms with Crippen molar-refractivity contribution in [2.75, 3.05) is 14.1 Å². The number of rotatable bonds is 2. The van der Waals surface area contributed by atoms with Crippen LogP contribution >= 0.6 is 15.9 Å². The largest absolute Gasteiger partial charge is 0.345 e. The Labute approximate surface area is 114 Å². The van der Waals surface area contributed by atoms with E-state index >= 15 is 0 Å². The van der Waals surface area contributed by atoms with E-state index in [4.69, 9.17) is 0 Å². The molecule has 1 aromatic carbocycles. The maximum absolute atomic E-state index is 12.1. The molecule has 0 aliphatic carbocycles. The molecule has 0 radical (unpaired) electrons. The standard InChI is InChI=1S/C13H12BrN3O/c1-17(2)13(18)11-8-9(14)4-5-10(11)12-15-6-3-7-16-12/h3-8H,1-2H3. The molecule has 0 fully saturated rings. The smallest absolute Gasteiger partial charge is 0.254 e. The second kappa shape index (κ2) is 5.27. The first kappa shape index (κ1) is 12.7. The summed E-state index contributed by atoms with van der Waals surface area (Å²) in [5, 5.41) is 0. The third kappa shape index (κ3) is 2.56. The first-order valence-electron chi connectivity index (χ1n) is 5.38. The highest BCUT2D eigenvalue weighted by atomic mass is 79.9. The average molecular weight is 306 g/mol. The Morgan fingerprint density at radius 2 is 1.89 bits per heavy atom. The number of benzene rings is 1. The van der Waals surface area contributed by atoms with Crippen LogP contribution in [0.1, 0.15) is 10.4 Å². The van der Waals surface area contributed by atoms with Crippen LogP contribution in [-0.2, 0) is 0 Å². The predicted molar refractivity (Wildman–Crippen MR) is 73.2 cm³/mol. The first-order chi connectivity index (χ1) is 8.59. The summed E-state index contributed by atoms with van der Waals surface area (Å²) in [7, 11) is 3.44. The molecule has 5 heteroatoms. The molecule has 0 spiro atoms. The second-order valence-electron chi connectivity index (χ2n) is 3.96. The normalized spacial score (nSPS) is 10.2. The van der Waals surface area contributed by atoms with Crippen molar-refractivity contribution < 1.29 is 4.79 Å². The van der Waals surface area contributed by atoms with Gasteiger partial charge in [-0.1, -0.05) is 15.9 Å². The van der Waals surface area contributed by atoms with Gasteiger partial charge in [-0.25, -0.2) is 9.97 Å². The van der Waals surface area contributed by atoms with Crippen molar-refractivity contribution >= 4 is 21.8 Å². The van der Waals surface area contributed by atoms with Crippen LogP contribution in [0, 0.1) is 0 Å². The number of hydrogen-bond donors (Lipinski definition) is 0. The molecule has 1 heterocycles. The molecule has 1 aromatic heterocycles. The van der Waals surface area contributed by atoms with Crippen LogP contribution in [0.4, 0.5) is 0 Å². The van der Waals surface area contributed by atoms with Gasteiger partial charge in [-0.05, 0) is 24.3 Å². The van der Waals surface area contributed by atoms with Crippen LogP contribution in [-0.4, -0.2) is 34.9 Å². The molecule has 4 nitrogen and oxygen atoms in total. The number of hydrogen-bond acceptors (Lipinski definition) is 3. The minimum absolute atomic E-state index is 0.0706. The maximum Gasteiger partial charge on any atom is 0.254 e. The average Bonchev–Trinajstić information content (AvgIpc) is 2.38. The van der Waals surface area contributed by atoms with Crippen LogP contribution < -0.4 is 0 Å². The van der Waals surface area contributed by atoms with Gasteiger partial charge < -0.3 is 4.90 Å². The lowest BCUT2D eigenvalue weighted by Gasteiger charge is -2.13. The van der Waals surface area contributed by atoms with Gasteiger partial charge in [-0.2, -0.15) is 0 Å². The van der Waals surface area contributed by atoms with E-state index in [1.165, 1.54) is 4.90 Å². The van der Waals surface area contributed by atoms with Crippen molar-refractivity contribution in [2.45, 2.75) is 0 Å². The predicted octanol–water partition coefficient (Wildman–Crippen LogP) is 2.61. The summed E-state index contributed by atoms with van der Waals surface area (Å²) in [6.07, 6.45) is 3.32. The summed E-state index contributed by atoms with van der Waals surface area (Å²) >= 11 is 3.37. The van der Waals surface area contributed by atoms with Crippen molar-refractivity contribution in [2.24, 2.45) is 0 Å². The molecule has 2 rings (SSSR count). The van der Waals surface area contributed by atoms with Crippen LogP contribution in [0.3, 0.4) is 0 Å². The third-order valence-corrected chi connectivity index (χ3v) is 2.92. The molecule has 0 bridgehead atoms. The van der Waals surface area contributed by atoms with Crippen LogP contribution in [0.2, 0.25) is 0 Å². The van der Waals surface area contributed by atoms with Gasteiger partial charge in [0, 0.05) is 36.5 Å². The molecule has 0 unspecified atom stereocenters. The Morgan fingerprint density at radius 1 is 1.22 bits per heavy atom. The zero-order chi connectivity index (χ0) is 13.1. The highest BCUT2D eigenvalue weighted by Crippen LogP contribution is 2.24. The Balaban J connectivity index is 2.58. The summed E-state index contributed by atoms with van der Waals surface area (Å²) < 4.78 is 0.854. The zero-order valence-corrected chi connectivity index (χ0v) is 11.7. The van der Waals surface area contributed by atoms with E-state index in [0.717, 1.165) is 10.0 Å². The summed E-state index contributed by atoms with van der Waals surface area (Å²) in [6.45, 7) is 0. The van der Waals surface area contributed by atoms with Gasteiger partial charge >= 0.3 is 0 Å². The Hall–Kier alpha value is -1.75. The van der Waals surface area contributed by atoms with Crippen LogP contribution in [0.5, 0.6) is 0 Å². The lowest BCUT2D eigenvalue weighted by atomic mass is 10.1. The van der Waals surface area contributed by atoms with Gasteiger partial charge in [0.1, 0.15) is 0 Å². The number of nitrogens with zero attached hydrogens (tertiary/aromatic N) is 3. The van der Waals surface area contributed by atoms with Crippen LogP contribution in [0.25, 0.3) is 11.4 Å². The summed E-state index contributed by atoms with van der Waals surface area (Å²) in [5.74, 6) is 0.481. The number of amides is 1. The van der Waals surface area contributed by atoms with Crippen molar-refractivity contribution in [3.63, 3.8) is 0 Å². The lowest BCUT2D eigenvalue weighted by molar-refractivity contribution is 0.0828. The fraction of sp³-hybridized carbons (Fsp3) is 0.154. The second-order valence-corrected chi connectivity index (χ2v) is 4.88. The maximum atomic E-state index is 12.1. The highest BCUT2D eigenvalue weighted by Gasteiger charge is 2.16. The molecule has 2 aromatic rings. The summed E-state index contributed by atoms with van der Waals surface area (Å²) in [5.41, 5.74) is 1.32. The molecule has 18 heavy (non-hydrogen) atoms. The van der Waals surface area contributed by atoms with Gasteiger partial charge in [0.25, 0.3) is 5.91 Å². The summed E-state index contributed by atoms with van der Waals surface area (Å²) in [4.78, 5) is 22.0. The minimum Gasteiger partial charge on any atom is -0.345 e. The molecule has 0 atom stereocenters. The summed E-state index contributed by atoms with van der Waals surface area (Å²) in [6, 6.07) is 7.25. The molecule has 0 N–H and O–H groups in total. The van der Waals surface area contributed by atoms with Crippen LogP contribution in [0.15, 0.2) is 41.1 Å². The van der Waals surface area contributed by atoms with E-state index in [1.807, 2.05) is 12.1 Å². The van der Waals surface area contributed by atoms with Crippen molar-refractivity contribution in [3.8, 4) is 11.4 Å². The number of aromatic nitrogens is 2. The molecule has 0 aliphatic rings. The quantitative estimate of drug-likeness (QED) is 0.857. The molecule has 0 saturated carbocycles. The number of halogens is 1. The van der Waals surface area contributed by atoms with Gasteiger partial charge in [-0.15, -0.1) is 0 Å². The molecular weight excluding hydrogens is 294 g/mol. The Bertz CT molecular complexity index is 570. The lowest BCUT2D eigenvalue weighted by Crippen LogP contribution is -2.22. The van der Waals surface area contributed by atoms with Gasteiger partial charge in [-0.3, -0.25) is 4.79 Å². The SMILES string of the molecule is CN(C)C(=O)c1cc(Br)ccc1-c1ncccn1. The molecule has 0 aliphatic heterocycles. The molecular formula is C13H12BrN3O. The topological polar surface area (TPSA) is 46.1 Å². The van der Waals surface area contributed by atoms with E-state index in [0.29, 0.717) is 11.4 Å². The van der Waals surface area contributed by atoms with Gasteiger partial charge in [0.2, 0.25) is 0 Å². The highest BCUT2D eigenvalue weighted by molar-refractivity contribution is 9.10. The van der Waals surface area contributed by atoms with E-state index < -0.39 is 0 Å². The van der Waals surface area contributed by atoms with Crippen molar-refractivity contribution in [1.82, 2.24) is 14.9 Å². The van der Waals surface area contributed by atoms with E-state index in [9.17, 15) is 4.79 Å². The minimum atomic E-state index is -0.0706. The van der Waals surface area contributed by atoms with E-state index in [2.05, 4.69) is 25.9 Å². The van der Waals surface area contributed by atoms with E-state index in [-0.39, 0.29) is 5.91 Å². The molecule has 1 amide bonds. The van der Waals surface area contributed by atoms with Gasteiger partial charge in [0.15, 0.2) is 5.82 Å². The third-order valence-electron chi connectivity index (χ3n) is 2.42.